The van der Waals surface area contributed by atoms with Gasteiger partial charge in [-0.3, -0.25) is 0 Å². The Morgan fingerprint density at radius 3 is 0.893 bits per heavy atom. The monoisotopic (exact) mass is 521 g/mol. The Morgan fingerprint density at radius 1 is 0.571 bits per heavy atom. The van der Waals surface area contributed by atoms with Gasteiger partial charge in [0.25, 0.3) is 0 Å². The van der Waals surface area contributed by atoms with Gasteiger partial charge < -0.3 is 16.0 Å². The van der Waals surface area contributed by atoms with Crippen molar-refractivity contribution in [3.63, 3.8) is 0 Å². The third-order valence-electron chi connectivity index (χ3n) is 2.37. The Balaban J connectivity index is -0.000000245. The molecule has 1 aromatic rings. The van der Waals surface area contributed by atoms with Crippen LogP contribution in [0.5, 0.6) is 0 Å². The van der Waals surface area contributed by atoms with Crippen molar-refractivity contribution in [2.75, 3.05) is 42.3 Å². The third-order valence-corrected chi connectivity index (χ3v) is 6.12. The first kappa shape index (κ1) is 35.2. The zero-order valence-electron chi connectivity index (χ0n) is 16.1. The van der Waals surface area contributed by atoms with Crippen molar-refractivity contribution in [3.05, 3.63) is 40.2 Å². The number of hydrogen-bond acceptors (Lipinski definition) is 0. The first-order valence-electron chi connectivity index (χ1n) is 6.96. The van der Waals surface area contributed by atoms with E-state index in [1.54, 1.807) is 42.3 Å². The number of alkyl halides is 9. The van der Waals surface area contributed by atoms with Gasteiger partial charge in [0.1, 0.15) is 0 Å². The fourth-order valence-electron chi connectivity index (χ4n) is 1.60. The molecule has 0 aliphatic heterocycles. The molecule has 1 rings (SSSR count). The van der Waals surface area contributed by atoms with E-state index in [0.29, 0.717) is 12.1 Å². The van der Waals surface area contributed by atoms with Gasteiger partial charge in [-0.25, -0.2) is 12.1 Å². The zero-order valence-corrected chi connectivity index (χ0v) is 19.5. The maximum Gasteiger partial charge on any atom is 4.00 e. The van der Waals surface area contributed by atoms with E-state index in [0.717, 1.165) is 0 Å². The van der Waals surface area contributed by atoms with E-state index in [1.165, 1.54) is 0 Å². The summed E-state index contributed by atoms with van der Waals surface area (Å²) in [6.45, 7) is 0. The van der Waals surface area contributed by atoms with Crippen molar-refractivity contribution >= 4 is 13.3 Å². The molecule has 0 radical (unpaired) electrons. The number of nitrogens with zero attached hydrogens (tertiary/aromatic N) is 3. The maximum absolute atomic E-state index is 12.6. The van der Waals surface area contributed by atoms with Gasteiger partial charge in [-0.2, -0.15) is 93.9 Å². The molecule has 0 saturated heterocycles. The van der Waals surface area contributed by atoms with Gasteiger partial charge in [-0.1, -0.05) is 0 Å². The van der Waals surface area contributed by atoms with E-state index in [2.05, 4.69) is 16.0 Å². The van der Waals surface area contributed by atoms with Crippen LogP contribution in [-0.4, -0.2) is 67.8 Å². The van der Waals surface area contributed by atoms with Crippen molar-refractivity contribution in [1.82, 2.24) is 0 Å². The summed E-state index contributed by atoms with van der Waals surface area (Å²) >= 11 is 0. The predicted molar refractivity (Wildman–Crippen MR) is 91.2 cm³/mol. The molecule has 0 aromatic heterocycles. The molecule has 0 saturated carbocycles. The Kier molecular flexibility index (Phi) is 19.5. The summed E-state index contributed by atoms with van der Waals surface area (Å²) in [5, 5.41) is 8.75. The number of hydrogen-bond donors (Lipinski definition) is 0. The minimum absolute atomic E-state index is 0. The van der Waals surface area contributed by atoms with Crippen LogP contribution >= 0.6 is 0 Å². The SMILES string of the molecule is C[N-]C.C[N-]C.C[N-]C.FC(F)(F)[Si]([c-]1cccc1)(C(F)(F)F)C(F)(F)F.[Zr+4]. The summed E-state index contributed by atoms with van der Waals surface area (Å²) in [6, 6.07) is 1.84. The van der Waals surface area contributed by atoms with E-state index >= 15 is 0 Å². The summed E-state index contributed by atoms with van der Waals surface area (Å²) in [5.74, 6) is -19.2. The largest absolute Gasteiger partial charge is 4.00 e. The minimum atomic E-state index is -7.72. The van der Waals surface area contributed by atoms with Gasteiger partial charge in [0.15, 0.2) is 0 Å². The molecule has 0 amide bonds. The molecule has 0 atom stereocenters. The molecule has 3 nitrogen and oxygen atoms in total. The molecule has 164 valence electrons. The van der Waals surface area contributed by atoms with Gasteiger partial charge >= 0.3 is 51.7 Å². The van der Waals surface area contributed by atoms with Crippen molar-refractivity contribution in [1.29, 1.82) is 0 Å². The Morgan fingerprint density at radius 2 is 0.750 bits per heavy atom. The van der Waals surface area contributed by atoms with Crippen molar-refractivity contribution in [2.24, 2.45) is 0 Å². The molecule has 1 aromatic carbocycles. The van der Waals surface area contributed by atoms with E-state index in [1.807, 2.05) is 0 Å². The van der Waals surface area contributed by atoms with Crippen LogP contribution in [0.4, 0.5) is 39.5 Å². The van der Waals surface area contributed by atoms with Crippen LogP contribution in [0.15, 0.2) is 24.3 Å². The minimum Gasteiger partial charge on any atom is -0.668 e. The number of halogens is 9. The summed E-state index contributed by atoms with van der Waals surface area (Å²) in [4.78, 5) is 0. The van der Waals surface area contributed by atoms with Crippen molar-refractivity contribution in [2.45, 2.75) is 17.4 Å². The quantitative estimate of drug-likeness (QED) is 0.276. The first-order chi connectivity index (χ1) is 12.1. The van der Waals surface area contributed by atoms with E-state index in [-0.39, 0.29) is 38.3 Å². The molecule has 0 N–H and O–H groups in total. The van der Waals surface area contributed by atoms with Crippen LogP contribution in [-0.2, 0) is 26.2 Å². The van der Waals surface area contributed by atoms with E-state index in [4.69, 9.17) is 0 Å². The van der Waals surface area contributed by atoms with Crippen LogP contribution in [0.25, 0.3) is 16.0 Å². The molecule has 0 heterocycles. The summed E-state index contributed by atoms with van der Waals surface area (Å²) in [7, 11) is 2.78. The Hall–Kier alpha value is -0.300. The normalized spacial score (nSPS) is 11.5. The number of rotatable bonds is 1. The first-order valence-corrected chi connectivity index (χ1v) is 8.96. The molecule has 0 aliphatic rings. The average Bonchev–Trinajstić information content (AvgIpc) is 2.90. The Labute approximate surface area is 178 Å². The summed E-state index contributed by atoms with van der Waals surface area (Å²) in [5.41, 5.74) is 0. The molecular formula is C14H22F9N3SiZr. The summed E-state index contributed by atoms with van der Waals surface area (Å²) in [6.07, 6.45) is 0. The maximum atomic E-state index is 12.6. The molecule has 28 heavy (non-hydrogen) atoms. The van der Waals surface area contributed by atoms with Crippen LogP contribution in [0.3, 0.4) is 0 Å². The second-order valence-electron chi connectivity index (χ2n) is 4.76. The topological polar surface area (TPSA) is 42.3 Å². The zero-order chi connectivity index (χ0) is 22.5. The van der Waals surface area contributed by atoms with Crippen LogP contribution in [0, 0.1) is 0 Å². The molecule has 0 fully saturated rings. The predicted octanol–water partition coefficient (Wildman–Crippen LogP) is 5.22. The fourth-order valence-corrected chi connectivity index (χ4v) is 4.24. The second-order valence-corrected chi connectivity index (χ2v) is 8.54. The van der Waals surface area contributed by atoms with Gasteiger partial charge in [-0.15, -0.1) is 5.19 Å². The van der Waals surface area contributed by atoms with Crippen molar-refractivity contribution < 1.29 is 65.7 Å². The standard InChI is InChI=1S/C8H4F9Si.3C2H6N.Zr/c9-6(10,11)18(7(12,13)14,8(15,16)17)5-3-1-2-4-5;3*1-3-2;/h1-4H;3*1-2H3;/q4*-1;+4. The molecular weight excluding hydrogens is 500 g/mol. The van der Waals surface area contributed by atoms with Gasteiger partial charge in [0.05, 0.1) is 0 Å². The van der Waals surface area contributed by atoms with Crippen LogP contribution in [0.1, 0.15) is 0 Å². The smallest absolute Gasteiger partial charge is 0.668 e. The van der Waals surface area contributed by atoms with Crippen molar-refractivity contribution in [3.8, 4) is 0 Å². The van der Waals surface area contributed by atoms with E-state index < -0.39 is 30.7 Å². The second kappa shape index (κ2) is 15.5. The van der Waals surface area contributed by atoms with E-state index in [9.17, 15) is 39.5 Å². The van der Waals surface area contributed by atoms with Crippen LogP contribution < -0.4 is 5.19 Å². The Bertz CT molecular complexity index is 419. The van der Waals surface area contributed by atoms with Gasteiger partial charge in [0, 0.05) is 0 Å². The molecule has 0 unspecified atom stereocenters. The molecule has 0 aliphatic carbocycles. The molecule has 0 bridgehead atoms. The third kappa shape index (κ3) is 9.95. The fraction of sp³-hybridized carbons (Fsp3) is 0.643. The molecule has 14 heteroatoms. The van der Waals surface area contributed by atoms with Crippen LogP contribution in [0.2, 0.25) is 0 Å². The molecule has 0 spiro atoms. The van der Waals surface area contributed by atoms with Gasteiger partial charge in [0.2, 0.25) is 0 Å². The average molecular weight is 523 g/mol. The van der Waals surface area contributed by atoms with Gasteiger partial charge in [-0.05, 0) is 0 Å². The summed E-state index contributed by atoms with van der Waals surface area (Å²) < 4.78 is 113.